The molecule has 0 N–H and O–H groups in total. The van der Waals surface area contributed by atoms with Crippen LogP contribution in [0.5, 0.6) is 17.2 Å². The van der Waals surface area contributed by atoms with Gasteiger partial charge in [0.05, 0.1) is 22.0 Å². The Hall–Kier alpha value is -4.45. The normalized spacial score (nSPS) is 18.3. The van der Waals surface area contributed by atoms with Gasteiger partial charge in [-0.15, -0.1) is 11.3 Å². The van der Waals surface area contributed by atoms with E-state index in [1.165, 1.54) is 6.07 Å². The molecule has 0 saturated carbocycles. The number of fused-ring (bicyclic) bond motifs is 1. The first-order valence-electron chi connectivity index (χ1n) is 14.0. The lowest BCUT2D eigenvalue weighted by molar-refractivity contribution is -0.137. The third-order valence-electron chi connectivity index (χ3n) is 7.55. The molecule has 12 heteroatoms. The van der Waals surface area contributed by atoms with Crippen molar-refractivity contribution in [2.75, 3.05) is 33.1 Å². The van der Waals surface area contributed by atoms with Crippen molar-refractivity contribution in [1.29, 1.82) is 0 Å². The van der Waals surface area contributed by atoms with Crippen molar-refractivity contribution in [3.05, 3.63) is 82.1 Å². The van der Waals surface area contributed by atoms with Crippen LogP contribution in [0.4, 0.5) is 4.39 Å². The molecule has 1 amide bonds. The number of piperidine rings is 1. The Labute approximate surface area is 252 Å². The van der Waals surface area contributed by atoms with Gasteiger partial charge in [-0.2, -0.15) is 0 Å². The van der Waals surface area contributed by atoms with E-state index < -0.39 is 11.9 Å². The zero-order valence-electron chi connectivity index (χ0n) is 23.7. The fraction of sp³-hybridized carbons (Fsp3) is 0.355. The number of thiazole rings is 1. The lowest BCUT2D eigenvalue weighted by atomic mass is 9.97. The van der Waals surface area contributed by atoms with E-state index in [0.29, 0.717) is 53.7 Å². The highest BCUT2D eigenvalue weighted by atomic mass is 32.1. The number of rotatable bonds is 10. The Kier molecular flexibility index (Phi) is 8.55. The van der Waals surface area contributed by atoms with E-state index in [2.05, 4.69) is 16.9 Å². The maximum Gasteiger partial charge on any atom is 0.263 e. The minimum Gasteiger partial charge on any atom is -0.489 e. The summed E-state index contributed by atoms with van der Waals surface area (Å²) in [7, 11) is 0. The molecule has 3 aromatic rings. The van der Waals surface area contributed by atoms with Gasteiger partial charge < -0.3 is 28.8 Å². The van der Waals surface area contributed by atoms with Crippen molar-refractivity contribution >= 4 is 28.7 Å². The predicted molar refractivity (Wildman–Crippen MR) is 158 cm³/mol. The molecule has 1 fully saturated rings. The summed E-state index contributed by atoms with van der Waals surface area (Å²) in [6.45, 7) is 7.03. The molecule has 1 atom stereocenters. The summed E-state index contributed by atoms with van der Waals surface area (Å²) in [5.41, 5.74) is 3.22. The highest BCUT2D eigenvalue weighted by molar-refractivity contribution is 7.10. The molecule has 224 valence electrons. The van der Waals surface area contributed by atoms with E-state index in [4.69, 9.17) is 28.9 Å². The van der Waals surface area contributed by atoms with Gasteiger partial charge in [-0.1, -0.05) is 29.0 Å². The van der Waals surface area contributed by atoms with Crippen molar-refractivity contribution in [1.82, 2.24) is 9.88 Å². The van der Waals surface area contributed by atoms with Crippen molar-refractivity contribution in [3.63, 3.8) is 0 Å². The molecule has 0 spiro atoms. The maximum absolute atomic E-state index is 14.7. The Morgan fingerprint density at radius 3 is 2.91 bits per heavy atom. The Morgan fingerprint density at radius 2 is 2.07 bits per heavy atom. The number of amides is 1. The summed E-state index contributed by atoms with van der Waals surface area (Å²) in [4.78, 5) is 30.4. The molecular weight excluding hydrogens is 575 g/mol. The van der Waals surface area contributed by atoms with Crippen LogP contribution in [-0.4, -0.2) is 60.3 Å². The average Bonchev–Trinajstić information content (AvgIpc) is 3.80. The SMILES string of the molecule is C=CCOc1cccc(F)c1C1CC(c2csc(C3CCN(C(=O)CO/N=C(\C)c4ccc5c(c4)OCO5)CC3)n2)=NO1. The van der Waals surface area contributed by atoms with Crippen LogP contribution < -0.4 is 14.2 Å². The first kappa shape index (κ1) is 28.7. The molecule has 2 aromatic carbocycles. The number of hydrogen-bond donors (Lipinski definition) is 0. The molecule has 0 radical (unpaired) electrons. The predicted octanol–water partition coefficient (Wildman–Crippen LogP) is 5.59. The van der Waals surface area contributed by atoms with Gasteiger partial charge in [-0.3, -0.25) is 4.79 Å². The van der Waals surface area contributed by atoms with Gasteiger partial charge in [0.2, 0.25) is 6.79 Å². The van der Waals surface area contributed by atoms with E-state index in [-0.39, 0.29) is 31.8 Å². The smallest absolute Gasteiger partial charge is 0.263 e. The Morgan fingerprint density at radius 1 is 1.23 bits per heavy atom. The zero-order valence-corrected chi connectivity index (χ0v) is 24.5. The number of carbonyl (C=O) groups excluding carboxylic acids is 1. The fourth-order valence-electron chi connectivity index (χ4n) is 5.22. The van der Waals surface area contributed by atoms with Gasteiger partial charge in [0.25, 0.3) is 5.91 Å². The molecule has 4 heterocycles. The van der Waals surface area contributed by atoms with Crippen LogP contribution in [0.1, 0.15) is 60.0 Å². The Balaban J connectivity index is 0.989. The third kappa shape index (κ3) is 6.34. The van der Waals surface area contributed by atoms with Crippen molar-refractivity contribution in [2.45, 2.75) is 38.2 Å². The van der Waals surface area contributed by atoms with Crippen molar-refractivity contribution < 1.29 is 33.1 Å². The molecule has 6 rings (SSSR count). The average molecular weight is 607 g/mol. The first-order chi connectivity index (χ1) is 21.0. The summed E-state index contributed by atoms with van der Waals surface area (Å²) in [5, 5.41) is 11.3. The van der Waals surface area contributed by atoms with Gasteiger partial charge in [-0.05, 0) is 50.1 Å². The summed E-state index contributed by atoms with van der Waals surface area (Å²) in [5.74, 6) is 1.51. The Bertz CT molecular complexity index is 1570. The monoisotopic (exact) mass is 606 g/mol. The number of hydrogen-bond acceptors (Lipinski definition) is 10. The lowest BCUT2D eigenvalue weighted by Crippen LogP contribution is -2.39. The maximum atomic E-state index is 14.7. The second-order valence-corrected chi connectivity index (χ2v) is 11.2. The van der Waals surface area contributed by atoms with Gasteiger partial charge in [0, 0.05) is 36.4 Å². The third-order valence-corrected chi connectivity index (χ3v) is 8.56. The van der Waals surface area contributed by atoms with Crippen LogP contribution in [0.15, 0.2) is 64.7 Å². The summed E-state index contributed by atoms with van der Waals surface area (Å²) in [6, 6.07) is 10.2. The minimum absolute atomic E-state index is 0.103. The van der Waals surface area contributed by atoms with E-state index in [1.807, 2.05) is 30.5 Å². The lowest BCUT2D eigenvalue weighted by Gasteiger charge is -2.30. The molecule has 1 unspecified atom stereocenters. The van der Waals surface area contributed by atoms with Crippen LogP contribution in [0.2, 0.25) is 0 Å². The van der Waals surface area contributed by atoms with Crippen LogP contribution >= 0.6 is 11.3 Å². The summed E-state index contributed by atoms with van der Waals surface area (Å²) < 4.78 is 31.1. The highest BCUT2D eigenvalue weighted by Gasteiger charge is 2.32. The molecule has 10 nitrogen and oxygen atoms in total. The van der Waals surface area contributed by atoms with E-state index in [9.17, 15) is 9.18 Å². The molecule has 1 aromatic heterocycles. The van der Waals surface area contributed by atoms with Crippen molar-refractivity contribution in [2.24, 2.45) is 10.3 Å². The number of oxime groups is 2. The molecule has 0 bridgehead atoms. The van der Waals surface area contributed by atoms with Crippen LogP contribution in [-0.2, 0) is 14.5 Å². The topological polar surface area (TPSA) is 104 Å². The number of likely N-dealkylation sites (tertiary alicyclic amines) is 1. The molecule has 3 aliphatic rings. The first-order valence-corrected chi connectivity index (χ1v) is 14.9. The number of ether oxygens (including phenoxy) is 3. The number of halogens is 1. The highest BCUT2D eigenvalue weighted by Crippen LogP contribution is 2.38. The second kappa shape index (κ2) is 12.8. The molecule has 43 heavy (non-hydrogen) atoms. The van der Waals surface area contributed by atoms with Gasteiger partial charge >= 0.3 is 0 Å². The van der Waals surface area contributed by atoms with Gasteiger partial charge in [0.15, 0.2) is 24.2 Å². The summed E-state index contributed by atoms with van der Waals surface area (Å²) in [6.07, 6.45) is 2.99. The standard InChI is InChI=1S/C31H31FN4O6S/c1-3-13-38-26-6-4-5-22(32)30(26)28-15-23(35-42-28)24-17-43-31(33-24)20-9-11-36(12-10-20)29(37)16-41-34-19(2)21-7-8-25-27(14-21)40-18-39-25/h3-8,14,17,20,28H,1,9-13,15-16,18H2,2H3/b34-19+. The quantitative estimate of drug-likeness (QED) is 0.168. The van der Waals surface area contributed by atoms with Crippen LogP contribution in [0.25, 0.3) is 0 Å². The van der Waals surface area contributed by atoms with Gasteiger partial charge in [0.1, 0.15) is 23.9 Å². The van der Waals surface area contributed by atoms with Crippen molar-refractivity contribution in [3.8, 4) is 17.2 Å². The largest absolute Gasteiger partial charge is 0.489 e. The summed E-state index contributed by atoms with van der Waals surface area (Å²) >= 11 is 1.57. The number of aromatic nitrogens is 1. The molecular formula is C31H31FN4O6S. The van der Waals surface area contributed by atoms with E-state index in [0.717, 1.165) is 29.1 Å². The number of benzene rings is 2. The minimum atomic E-state index is -0.595. The van der Waals surface area contributed by atoms with Gasteiger partial charge in [-0.25, -0.2) is 9.37 Å². The number of carbonyl (C=O) groups is 1. The fourth-order valence-corrected chi connectivity index (χ4v) is 6.22. The second-order valence-electron chi connectivity index (χ2n) is 10.3. The molecule has 3 aliphatic heterocycles. The van der Waals surface area contributed by atoms with Crippen LogP contribution in [0, 0.1) is 5.82 Å². The zero-order chi connectivity index (χ0) is 29.8. The number of nitrogens with zero attached hydrogens (tertiary/aromatic N) is 4. The van der Waals surface area contributed by atoms with Crippen LogP contribution in [0.3, 0.4) is 0 Å². The molecule has 0 aliphatic carbocycles. The van der Waals surface area contributed by atoms with E-state index >= 15 is 0 Å². The molecule has 1 saturated heterocycles. The van der Waals surface area contributed by atoms with E-state index in [1.54, 1.807) is 34.4 Å².